The van der Waals surface area contributed by atoms with Gasteiger partial charge in [0.2, 0.25) is 0 Å². The number of fused-ring (bicyclic) bond motifs is 1. The summed E-state index contributed by atoms with van der Waals surface area (Å²) in [5.41, 5.74) is 1.74. The molecule has 0 spiro atoms. The third-order valence-corrected chi connectivity index (χ3v) is 4.83. The van der Waals surface area contributed by atoms with Gasteiger partial charge in [-0.25, -0.2) is 0 Å². The van der Waals surface area contributed by atoms with E-state index in [1.54, 1.807) is 6.20 Å². The predicted octanol–water partition coefficient (Wildman–Crippen LogP) is 4.06. The molecular formula is C22H22N2O2. The van der Waals surface area contributed by atoms with E-state index in [-0.39, 0.29) is 12.0 Å². The van der Waals surface area contributed by atoms with E-state index in [2.05, 4.69) is 11.1 Å². The van der Waals surface area contributed by atoms with Gasteiger partial charge in [0.1, 0.15) is 0 Å². The monoisotopic (exact) mass is 346 g/mol. The molecule has 1 atom stereocenters. The number of carbonyl (C=O) groups is 1. The van der Waals surface area contributed by atoms with Crippen molar-refractivity contribution in [3.05, 3.63) is 78.1 Å². The van der Waals surface area contributed by atoms with Crippen molar-refractivity contribution in [3.63, 3.8) is 0 Å². The van der Waals surface area contributed by atoms with E-state index in [4.69, 9.17) is 4.74 Å². The number of nitrogens with zero attached hydrogens (tertiary/aromatic N) is 2. The number of rotatable bonds is 5. The van der Waals surface area contributed by atoms with E-state index in [1.807, 2.05) is 59.6 Å². The zero-order valence-corrected chi connectivity index (χ0v) is 14.7. The van der Waals surface area contributed by atoms with Gasteiger partial charge in [-0.15, -0.1) is 0 Å². The van der Waals surface area contributed by atoms with Crippen LogP contribution in [0.1, 0.15) is 28.8 Å². The molecule has 0 N–H and O–H groups in total. The Hall–Kier alpha value is -2.72. The summed E-state index contributed by atoms with van der Waals surface area (Å²) in [6.45, 7) is 1.94. The van der Waals surface area contributed by atoms with Crippen molar-refractivity contribution in [3.8, 4) is 0 Å². The number of amides is 1. The molecule has 0 bridgehead atoms. The zero-order valence-electron chi connectivity index (χ0n) is 14.7. The second kappa shape index (κ2) is 7.67. The van der Waals surface area contributed by atoms with E-state index in [0.717, 1.165) is 35.8 Å². The van der Waals surface area contributed by atoms with Crippen LogP contribution in [-0.2, 0) is 11.3 Å². The summed E-state index contributed by atoms with van der Waals surface area (Å²) >= 11 is 0. The van der Waals surface area contributed by atoms with Crippen molar-refractivity contribution >= 4 is 16.7 Å². The summed E-state index contributed by atoms with van der Waals surface area (Å²) in [7, 11) is 0. The summed E-state index contributed by atoms with van der Waals surface area (Å²) in [5, 5.41) is 2.22. The normalized spacial score (nSPS) is 16.7. The van der Waals surface area contributed by atoms with Crippen molar-refractivity contribution in [1.29, 1.82) is 0 Å². The first kappa shape index (κ1) is 16.7. The van der Waals surface area contributed by atoms with Gasteiger partial charge in [0.05, 0.1) is 6.10 Å². The van der Waals surface area contributed by atoms with Gasteiger partial charge in [-0.2, -0.15) is 0 Å². The molecule has 1 aliphatic heterocycles. The summed E-state index contributed by atoms with van der Waals surface area (Å²) in [5.74, 6) is 0.0371. The van der Waals surface area contributed by atoms with E-state index in [0.29, 0.717) is 18.7 Å². The van der Waals surface area contributed by atoms with Gasteiger partial charge in [0.15, 0.2) is 0 Å². The number of benzene rings is 2. The lowest BCUT2D eigenvalue weighted by atomic mass is 10.1. The Morgan fingerprint density at radius 2 is 2.00 bits per heavy atom. The van der Waals surface area contributed by atoms with Gasteiger partial charge in [-0.05, 0) is 47.4 Å². The number of ether oxygens (including phenoxy) is 1. The van der Waals surface area contributed by atoms with Crippen LogP contribution in [-0.4, -0.2) is 35.0 Å². The predicted molar refractivity (Wildman–Crippen MR) is 102 cm³/mol. The van der Waals surface area contributed by atoms with Crippen LogP contribution in [0.15, 0.2) is 67.0 Å². The highest BCUT2D eigenvalue weighted by Gasteiger charge is 2.24. The smallest absolute Gasteiger partial charge is 0.254 e. The molecule has 1 aromatic heterocycles. The fourth-order valence-corrected chi connectivity index (χ4v) is 3.47. The number of aromatic nitrogens is 1. The average Bonchev–Trinajstić information content (AvgIpc) is 3.20. The Kier molecular flexibility index (Phi) is 4.93. The molecule has 4 rings (SSSR count). The molecule has 0 aliphatic carbocycles. The van der Waals surface area contributed by atoms with Crippen LogP contribution < -0.4 is 0 Å². The van der Waals surface area contributed by atoms with E-state index in [9.17, 15) is 4.79 Å². The van der Waals surface area contributed by atoms with Crippen LogP contribution in [0.25, 0.3) is 10.8 Å². The Bertz CT molecular complexity index is 889. The van der Waals surface area contributed by atoms with Crippen molar-refractivity contribution in [1.82, 2.24) is 9.88 Å². The second-order valence-electron chi connectivity index (χ2n) is 6.74. The van der Waals surface area contributed by atoms with Crippen LogP contribution in [0, 0.1) is 0 Å². The second-order valence-corrected chi connectivity index (χ2v) is 6.74. The highest BCUT2D eigenvalue weighted by molar-refractivity contribution is 5.98. The maximum Gasteiger partial charge on any atom is 0.254 e. The molecule has 1 amide bonds. The largest absolute Gasteiger partial charge is 0.376 e. The summed E-state index contributed by atoms with van der Waals surface area (Å²) in [6.07, 6.45) is 5.76. The summed E-state index contributed by atoms with van der Waals surface area (Å²) in [6, 6.07) is 17.9. The first-order chi connectivity index (χ1) is 12.8. The average molecular weight is 346 g/mol. The summed E-state index contributed by atoms with van der Waals surface area (Å²) in [4.78, 5) is 19.3. The van der Waals surface area contributed by atoms with E-state index >= 15 is 0 Å². The van der Waals surface area contributed by atoms with Gasteiger partial charge in [0, 0.05) is 37.7 Å². The third-order valence-electron chi connectivity index (χ3n) is 4.83. The molecule has 0 unspecified atom stereocenters. The number of pyridine rings is 1. The van der Waals surface area contributed by atoms with Crippen molar-refractivity contribution in [2.24, 2.45) is 0 Å². The van der Waals surface area contributed by atoms with Crippen molar-refractivity contribution < 1.29 is 9.53 Å². The van der Waals surface area contributed by atoms with Crippen molar-refractivity contribution in [2.75, 3.05) is 13.2 Å². The standard InChI is InChI=1S/C22H22N2O2/c25-22(20-10-9-18-6-1-2-7-19(18)13-20)24(16-21-8-4-12-26-21)15-17-5-3-11-23-14-17/h1-3,5-7,9-11,13-14,21H,4,8,12,15-16H2/t21-/m0/s1. The molecule has 4 heteroatoms. The molecular weight excluding hydrogens is 324 g/mol. The lowest BCUT2D eigenvalue weighted by molar-refractivity contribution is 0.0507. The van der Waals surface area contributed by atoms with E-state index < -0.39 is 0 Å². The Labute approximate surface area is 153 Å². The number of hydrogen-bond donors (Lipinski definition) is 0. The van der Waals surface area contributed by atoms with Gasteiger partial charge in [0.25, 0.3) is 5.91 Å². The highest BCUT2D eigenvalue weighted by atomic mass is 16.5. The molecule has 4 nitrogen and oxygen atoms in total. The SMILES string of the molecule is O=C(c1ccc2ccccc2c1)N(Cc1cccnc1)C[C@@H]1CCCO1. The molecule has 132 valence electrons. The highest BCUT2D eigenvalue weighted by Crippen LogP contribution is 2.20. The first-order valence-corrected chi connectivity index (χ1v) is 9.08. The van der Waals surface area contributed by atoms with Crippen LogP contribution in [0.5, 0.6) is 0 Å². The summed E-state index contributed by atoms with van der Waals surface area (Å²) < 4.78 is 5.77. The zero-order chi connectivity index (χ0) is 17.8. The van der Waals surface area contributed by atoms with Crippen LogP contribution in [0.2, 0.25) is 0 Å². The quantitative estimate of drug-likeness (QED) is 0.700. The van der Waals surface area contributed by atoms with E-state index in [1.165, 1.54) is 0 Å². The molecule has 26 heavy (non-hydrogen) atoms. The molecule has 1 aliphatic rings. The van der Waals surface area contributed by atoms with Gasteiger partial charge >= 0.3 is 0 Å². The lowest BCUT2D eigenvalue weighted by Gasteiger charge is -2.26. The molecule has 0 radical (unpaired) electrons. The van der Waals surface area contributed by atoms with Gasteiger partial charge in [-0.3, -0.25) is 9.78 Å². The first-order valence-electron chi connectivity index (χ1n) is 9.08. The van der Waals surface area contributed by atoms with Crippen LogP contribution in [0.4, 0.5) is 0 Å². The topological polar surface area (TPSA) is 42.4 Å². The number of hydrogen-bond acceptors (Lipinski definition) is 3. The minimum absolute atomic E-state index is 0.0371. The molecule has 3 aromatic rings. The van der Waals surface area contributed by atoms with Gasteiger partial charge < -0.3 is 9.64 Å². The minimum atomic E-state index is 0.0371. The molecule has 2 heterocycles. The van der Waals surface area contributed by atoms with Gasteiger partial charge in [-0.1, -0.05) is 36.4 Å². The number of carbonyl (C=O) groups excluding carboxylic acids is 1. The Morgan fingerprint density at radius 3 is 2.77 bits per heavy atom. The maximum atomic E-state index is 13.2. The fourth-order valence-electron chi connectivity index (χ4n) is 3.47. The minimum Gasteiger partial charge on any atom is -0.376 e. The van der Waals surface area contributed by atoms with Crippen LogP contribution >= 0.6 is 0 Å². The van der Waals surface area contributed by atoms with Crippen LogP contribution in [0.3, 0.4) is 0 Å². The fraction of sp³-hybridized carbons (Fsp3) is 0.273. The molecule has 0 saturated carbocycles. The molecule has 1 fully saturated rings. The maximum absolute atomic E-state index is 13.2. The Balaban J connectivity index is 1.60. The third kappa shape index (κ3) is 3.75. The molecule has 2 aromatic carbocycles. The lowest BCUT2D eigenvalue weighted by Crippen LogP contribution is -2.37. The van der Waals surface area contributed by atoms with Crippen molar-refractivity contribution in [2.45, 2.75) is 25.5 Å². The Morgan fingerprint density at radius 1 is 1.12 bits per heavy atom. The molecule has 1 saturated heterocycles.